The number of anilines is 1. The summed E-state index contributed by atoms with van der Waals surface area (Å²) in [6.07, 6.45) is 1.79. The molecule has 1 aromatic carbocycles. The van der Waals surface area contributed by atoms with Gasteiger partial charge < -0.3 is 10.3 Å². The smallest absolute Gasteiger partial charge is 0.230 e. The minimum absolute atomic E-state index is 0.258. The molecular formula is C14H16Cl2N2O. The number of aryl methyl sites for hydroxylation is 1. The van der Waals surface area contributed by atoms with Gasteiger partial charge in [-0.25, -0.2) is 0 Å². The van der Waals surface area contributed by atoms with E-state index in [1.54, 1.807) is 18.2 Å². The van der Waals surface area contributed by atoms with Crippen molar-refractivity contribution < 1.29 is 4.52 Å². The van der Waals surface area contributed by atoms with Gasteiger partial charge in [0.05, 0.1) is 21.3 Å². The fourth-order valence-corrected chi connectivity index (χ4v) is 2.52. The van der Waals surface area contributed by atoms with E-state index in [-0.39, 0.29) is 5.88 Å². The highest BCUT2D eigenvalue weighted by Crippen LogP contribution is 2.40. The fourth-order valence-electron chi connectivity index (χ4n) is 1.94. The van der Waals surface area contributed by atoms with E-state index in [1.807, 2.05) is 0 Å². The zero-order valence-electron chi connectivity index (χ0n) is 10.9. The molecule has 0 atom stereocenters. The van der Waals surface area contributed by atoms with E-state index in [9.17, 15) is 0 Å². The Morgan fingerprint density at radius 2 is 1.84 bits per heavy atom. The molecule has 3 nitrogen and oxygen atoms in total. The number of halogens is 2. The Bertz CT molecular complexity index is 559. The van der Waals surface area contributed by atoms with Crippen molar-refractivity contribution in [2.75, 3.05) is 5.73 Å². The summed E-state index contributed by atoms with van der Waals surface area (Å²) in [6.45, 7) is 4.32. The Balaban J connectivity index is 2.47. The molecule has 1 heterocycles. The van der Waals surface area contributed by atoms with Gasteiger partial charge in [0.2, 0.25) is 5.88 Å². The number of nitrogens with zero attached hydrogens (tertiary/aromatic N) is 1. The molecule has 2 rings (SSSR count). The monoisotopic (exact) mass is 298 g/mol. The number of nitrogen functional groups attached to an aromatic ring is 1. The van der Waals surface area contributed by atoms with Crippen molar-refractivity contribution in [3.05, 3.63) is 33.9 Å². The first-order valence-corrected chi connectivity index (χ1v) is 6.94. The number of benzene rings is 1. The van der Waals surface area contributed by atoms with E-state index in [2.05, 4.69) is 19.0 Å². The van der Waals surface area contributed by atoms with Crippen LogP contribution in [0.1, 0.15) is 26.0 Å². The van der Waals surface area contributed by atoms with Gasteiger partial charge in [0, 0.05) is 5.56 Å². The first kappa shape index (κ1) is 14.2. The van der Waals surface area contributed by atoms with Crippen LogP contribution in [0.25, 0.3) is 11.1 Å². The molecule has 0 saturated carbocycles. The van der Waals surface area contributed by atoms with E-state index in [4.69, 9.17) is 33.5 Å². The number of hydrogen-bond donors (Lipinski definition) is 1. The first-order valence-electron chi connectivity index (χ1n) is 6.19. The van der Waals surface area contributed by atoms with Crippen molar-refractivity contribution in [3.8, 4) is 11.1 Å². The molecule has 0 saturated heterocycles. The van der Waals surface area contributed by atoms with Crippen molar-refractivity contribution in [2.45, 2.75) is 26.7 Å². The van der Waals surface area contributed by atoms with Crippen molar-refractivity contribution >= 4 is 29.1 Å². The fraction of sp³-hybridized carbons (Fsp3) is 0.357. The molecule has 102 valence electrons. The van der Waals surface area contributed by atoms with Gasteiger partial charge in [-0.15, -0.1) is 0 Å². The summed E-state index contributed by atoms with van der Waals surface area (Å²) in [6, 6.07) is 5.36. The largest absolute Gasteiger partial charge is 0.367 e. The highest BCUT2D eigenvalue weighted by atomic mass is 35.5. The van der Waals surface area contributed by atoms with Crippen molar-refractivity contribution in [1.82, 2.24) is 5.16 Å². The average molecular weight is 299 g/mol. The Kier molecular flexibility index (Phi) is 4.38. The summed E-state index contributed by atoms with van der Waals surface area (Å²) in [4.78, 5) is 0. The second-order valence-corrected chi connectivity index (χ2v) is 5.71. The number of hydrogen-bond acceptors (Lipinski definition) is 3. The van der Waals surface area contributed by atoms with Gasteiger partial charge in [0.1, 0.15) is 0 Å². The van der Waals surface area contributed by atoms with Crippen LogP contribution in [0.4, 0.5) is 5.88 Å². The summed E-state index contributed by atoms with van der Waals surface area (Å²) in [7, 11) is 0. The van der Waals surface area contributed by atoms with E-state index < -0.39 is 0 Å². The maximum Gasteiger partial charge on any atom is 0.230 e. The molecular weight excluding hydrogens is 283 g/mol. The predicted octanol–water partition coefficient (Wildman–Crippen LogP) is 4.82. The molecule has 0 radical (unpaired) electrons. The van der Waals surface area contributed by atoms with Crippen LogP contribution >= 0.6 is 23.2 Å². The normalized spacial score (nSPS) is 11.2. The van der Waals surface area contributed by atoms with Gasteiger partial charge in [-0.2, -0.15) is 0 Å². The molecule has 0 bridgehead atoms. The summed E-state index contributed by atoms with van der Waals surface area (Å²) in [5, 5.41) is 5.13. The Morgan fingerprint density at radius 3 is 2.42 bits per heavy atom. The molecule has 2 aromatic rings. The lowest BCUT2D eigenvalue weighted by molar-refractivity contribution is 0.423. The van der Waals surface area contributed by atoms with Crippen LogP contribution in [-0.4, -0.2) is 5.16 Å². The minimum atomic E-state index is 0.258. The lowest BCUT2D eigenvalue weighted by atomic mass is 10.00. The summed E-state index contributed by atoms with van der Waals surface area (Å²) in [5.41, 5.74) is 8.09. The molecule has 0 unspecified atom stereocenters. The zero-order chi connectivity index (χ0) is 14.0. The molecule has 0 fully saturated rings. The topological polar surface area (TPSA) is 52.0 Å². The van der Waals surface area contributed by atoms with E-state index in [1.165, 1.54) is 0 Å². The van der Waals surface area contributed by atoms with Crippen LogP contribution < -0.4 is 5.73 Å². The van der Waals surface area contributed by atoms with Crippen LogP contribution in [-0.2, 0) is 6.42 Å². The van der Waals surface area contributed by atoms with Crippen LogP contribution in [0, 0.1) is 5.92 Å². The minimum Gasteiger partial charge on any atom is -0.367 e. The SMILES string of the molecule is CC(C)CCc1noc(N)c1-c1c(Cl)cccc1Cl. The van der Waals surface area contributed by atoms with Gasteiger partial charge in [0.15, 0.2) is 0 Å². The van der Waals surface area contributed by atoms with Crippen LogP contribution in [0.15, 0.2) is 22.7 Å². The highest BCUT2D eigenvalue weighted by molar-refractivity contribution is 6.39. The van der Waals surface area contributed by atoms with Crippen molar-refractivity contribution in [1.29, 1.82) is 0 Å². The second kappa shape index (κ2) is 5.85. The third-order valence-corrected chi connectivity index (χ3v) is 3.59. The third-order valence-electron chi connectivity index (χ3n) is 2.96. The second-order valence-electron chi connectivity index (χ2n) is 4.90. The van der Waals surface area contributed by atoms with Crippen LogP contribution in [0.5, 0.6) is 0 Å². The molecule has 5 heteroatoms. The molecule has 19 heavy (non-hydrogen) atoms. The van der Waals surface area contributed by atoms with E-state index >= 15 is 0 Å². The summed E-state index contributed by atoms with van der Waals surface area (Å²) >= 11 is 12.4. The van der Waals surface area contributed by atoms with Gasteiger partial charge in [-0.1, -0.05) is 48.3 Å². The highest BCUT2D eigenvalue weighted by Gasteiger charge is 2.20. The zero-order valence-corrected chi connectivity index (χ0v) is 12.4. The van der Waals surface area contributed by atoms with Crippen molar-refractivity contribution in [3.63, 3.8) is 0 Å². The molecule has 0 aliphatic carbocycles. The molecule has 0 aliphatic heterocycles. The Labute approximate surface area is 122 Å². The van der Waals surface area contributed by atoms with Crippen LogP contribution in [0.3, 0.4) is 0 Å². The van der Waals surface area contributed by atoms with E-state index in [0.29, 0.717) is 21.5 Å². The quantitative estimate of drug-likeness (QED) is 0.880. The number of nitrogens with two attached hydrogens (primary N) is 1. The predicted molar refractivity (Wildman–Crippen MR) is 79.5 cm³/mol. The van der Waals surface area contributed by atoms with E-state index in [0.717, 1.165) is 24.1 Å². The summed E-state index contributed by atoms with van der Waals surface area (Å²) < 4.78 is 5.10. The molecule has 0 spiro atoms. The van der Waals surface area contributed by atoms with Gasteiger partial charge in [-0.3, -0.25) is 0 Å². The van der Waals surface area contributed by atoms with Gasteiger partial charge >= 0.3 is 0 Å². The maximum absolute atomic E-state index is 6.22. The standard InChI is InChI=1S/C14H16Cl2N2O/c1-8(2)6-7-11-13(14(17)19-18-11)12-9(15)4-3-5-10(12)16/h3-5,8H,6-7,17H2,1-2H3. The number of aromatic nitrogens is 1. The molecule has 1 aromatic heterocycles. The summed E-state index contributed by atoms with van der Waals surface area (Å²) in [5.74, 6) is 0.834. The average Bonchev–Trinajstić information content (AvgIpc) is 2.69. The molecule has 0 aliphatic rings. The van der Waals surface area contributed by atoms with Crippen LogP contribution in [0.2, 0.25) is 10.0 Å². The van der Waals surface area contributed by atoms with Gasteiger partial charge in [-0.05, 0) is 30.9 Å². The first-order chi connectivity index (χ1) is 9.00. The lowest BCUT2D eigenvalue weighted by Crippen LogP contribution is -1.96. The Hall–Kier alpha value is -1.19. The lowest BCUT2D eigenvalue weighted by Gasteiger charge is -2.08. The Morgan fingerprint density at radius 1 is 1.21 bits per heavy atom. The van der Waals surface area contributed by atoms with Gasteiger partial charge in [0.25, 0.3) is 0 Å². The maximum atomic E-state index is 6.22. The third kappa shape index (κ3) is 3.04. The number of rotatable bonds is 4. The van der Waals surface area contributed by atoms with Crippen molar-refractivity contribution in [2.24, 2.45) is 5.92 Å². The molecule has 2 N–H and O–H groups in total. The molecule has 0 amide bonds.